The second-order valence-corrected chi connectivity index (χ2v) is 5.55. The van der Waals surface area contributed by atoms with E-state index >= 15 is 0 Å². The number of pyridine rings is 1. The van der Waals surface area contributed by atoms with Gasteiger partial charge in [-0.05, 0) is 50.2 Å². The van der Waals surface area contributed by atoms with Gasteiger partial charge in [0.15, 0.2) is 0 Å². The van der Waals surface area contributed by atoms with Crippen LogP contribution < -0.4 is 5.32 Å². The zero-order chi connectivity index (χ0) is 15.2. The van der Waals surface area contributed by atoms with Gasteiger partial charge in [-0.15, -0.1) is 0 Å². The second kappa shape index (κ2) is 7.22. The van der Waals surface area contributed by atoms with Crippen LogP contribution in [0.15, 0.2) is 47.2 Å². The summed E-state index contributed by atoms with van der Waals surface area (Å²) < 4.78 is 5.58. The molecule has 3 heterocycles. The number of hydrogen-bond donors (Lipinski definition) is 1. The van der Waals surface area contributed by atoms with Crippen LogP contribution in [0.4, 0.5) is 0 Å². The van der Waals surface area contributed by atoms with Crippen molar-refractivity contribution in [2.75, 3.05) is 19.6 Å². The Morgan fingerprint density at radius 1 is 1.23 bits per heavy atom. The highest BCUT2D eigenvalue weighted by atomic mass is 16.3. The Hall–Kier alpha value is -2.14. The second-order valence-electron chi connectivity index (χ2n) is 5.55. The van der Waals surface area contributed by atoms with Gasteiger partial charge < -0.3 is 9.73 Å². The predicted octanol–water partition coefficient (Wildman–Crippen LogP) is 2.63. The standard InChI is InChI=1S/C17H21N3O2/c21-17(14-7-2-3-9-18-14)19-13-15(16-8-6-12-22-16)20-10-4-1-5-11-20/h2-3,6-9,12,15H,1,4-5,10-11,13H2,(H,19,21). The fraction of sp³-hybridized carbons (Fsp3) is 0.412. The van der Waals surface area contributed by atoms with Crippen molar-refractivity contribution in [2.45, 2.75) is 25.3 Å². The number of piperidine rings is 1. The normalized spacial score (nSPS) is 17.1. The fourth-order valence-electron chi connectivity index (χ4n) is 2.90. The van der Waals surface area contributed by atoms with Crippen LogP contribution >= 0.6 is 0 Å². The van der Waals surface area contributed by atoms with Crippen molar-refractivity contribution in [1.82, 2.24) is 15.2 Å². The summed E-state index contributed by atoms with van der Waals surface area (Å²) in [6, 6.07) is 9.30. The maximum atomic E-state index is 12.2. The lowest BCUT2D eigenvalue weighted by Gasteiger charge is -2.33. The molecular weight excluding hydrogens is 278 g/mol. The number of furan rings is 1. The van der Waals surface area contributed by atoms with Gasteiger partial charge in [0, 0.05) is 12.7 Å². The van der Waals surface area contributed by atoms with Crippen LogP contribution in [-0.4, -0.2) is 35.4 Å². The zero-order valence-electron chi connectivity index (χ0n) is 12.6. The summed E-state index contributed by atoms with van der Waals surface area (Å²) in [7, 11) is 0. The minimum absolute atomic E-state index is 0.0861. The highest BCUT2D eigenvalue weighted by Gasteiger charge is 2.25. The van der Waals surface area contributed by atoms with Crippen molar-refractivity contribution in [3.63, 3.8) is 0 Å². The van der Waals surface area contributed by atoms with E-state index in [0.717, 1.165) is 18.8 Å². The molecule has 0 radical (unpaired) electrons. The van der Waals surface area contributed by atoms with Crippen LogP contribution in [0.3, 0.4) is 0 Å². The molecule has 1 atom stereocenters. The van der Waals surface area contributed by atoms with E-state index < -0.39 is 0 Å². The lowest BCUT2D eigenvalue weighted by Crippen LogP contribution is -2.40. The van der Waals surface area contributed by atoms with Crippen LogP contribution in [0.2, 0.25) is 0 Å². The third-order valence-electron chi connectivity index (χ3n) is 4.06. The molecule has 1 saturated heterocycles. The molecule has 5 nitrogen and oxygen atoms in total. The molecule has 1 aliphatic heterocycles. The number of nitrogens with one attached hydrogen (secondary N) is 1. The van der Waals surface area contributed by atoms with E-state index in [2.05, 4.69) is 15.2 Å². The average Bonchev–Trinajstić information content (AvgIpc) is 3.11. The van der Waals surface area contributed by atoms with Crippen LogP contribution in [0.1, 0.15) is 41.6 Å². The molecular formula is C17H21N3O2. The van der Waals surface area contributed by atoms with Gasteiger partial charge >= 0.3 is 0 Å². The molecule has 5 heteroatoms. The molecule has 0 aromatic carbocycles. The lowest BCUT2D eigenvalue weighted by molar-refractivity contribution is 0.0909. The molecule has 116 valence electrons. The van der Waals surface area contributed by atoms with Crippen molar-refractivity contribution in [2.24, 2.45) is 0 Å². The van der Waals surface area contributed by atoms with Crippen molar-refractivity contribution in [3.8, 4) is 0 Å². The molecule has 1 aliphatic rings. The minimum Gasteiger partial charge on any atom is -0.468 e. The van der Waals surface area contributed by atoms with E-state index in [1.807, 2.05) is 18.2 Å². The molecule has 0 spiro atoms. The Bertz CT molecular complexity index is 577. The SMILES string of the molecule is O=C(NCC(c1ccco1)N1CCCCC1)c1ccccn1. The molecule has 0 aliphatic carbocycles. The molecule has 0 bridgehead atoms. The van der Waals surface area contributed by atoms with E-state index in [1.165, 1.54) is 19.3 Å². The topological polar surface area (TPSA) is 58.4 Å². The smallest absolute Gasteiger partial charge is 0.269 e. The van der Waals surface area contributed by atoms with E-state index in [0.29, 0.717) is 12.2 Å². The summed E-state index contributed by atoms with van der Waals surface area (Å²) in [5, 5.41) is 2.98. The van der Waals surface area contributed by atoms with Crippen molar-refractivity contribution in [1.29, 1.82) is 0 Å². The van der Waals surface area contributed by atoms with Gasteiger partial charge in [0.05, 0.1) is 12.3 Å². The number of rotatable bonds is 5. The number of carbonyl (C=O) groups is 1. The summed E-state index contributed by atoms with van der Waals surface area (Å²) >= 11 is 0. The van der Waals surface area contributed by atoms with Crippen molar-refractivity contribution >= 4 is 5.91 Å². The highest BCUT2D eigenvalue weighted by molar-refractivity contribution is 5.92. The molecule has 1 fully saturated rings. The Morgan fingerprint density at radius 2 is 2.09 bits per heavy atom. The third kappa shape index (κ3) is 3.54. The number of likely N-dealkylation sites (tertiary alicyclic amines) is 1. The predicted molar refractivity (Wildman–Crippen MR) is 83.4 cm³/mol. The number of aromatic nitrogens is 1. The first-order valence-electron chi connectivity index (χ1n) is 7.81. The average molecular weight is 299 g/mol. The zero-order valence-corrected chi connectivity index (χ0v) is 12.6. The first-order valence-corrected chi connectivity index (χ1v) is 7.81. The molecule has 3 rings (SSSR count). The maximum absolute atomic E-state index is 12.2. The molecule has 1 N–H and O–H groups in total. The summed E-state index contributed by atoms with van der Waals surface area (Å²) in [4.78, 5) is 18.7. The van der Waals surface area contributed by atoms with E-state index in [4.69, 9.17) is 4.42 Å². The van der Waals surface area contributed by atoms with Gasteiger partial charge in [-0.25, -0.2) is 0 Å². The Morgan fingerprint density at radius 3 is 2.77 bits per heavy atom. The van der Waals surface area contributed by atoms with Crippen LogP contribution in [-0.2, 0) is 0 Å². The number of nitrogens with zero attached hydrogens (tertiary/aromatic N) is 2. The molecule has 2 aromatic heterocycles. The quantitative estimate of drug-likeness (QED) is 0.922. The van der Waals surface area contributed by atoms with Crippen LogP contribution in [0.25, 0.3) is 0 Å². The fourth-order valence-corrected chi connectivity index (χ4v) is 2.90. The highest BCUT2D eigenvalue weighted by Crippen LogP contribution is 2.24. The first-order chi connectivity index (χ1) is 10.8. The third-order valence-corrected chi connectivity index (χ3v) is 4.06. The number of amides is 1. The Labute approximate surface area is 130 Å². The van der Waals surface area contributed by atoms with Crippen LogP contribution in [0.5, 0.6) is 0 Å². The van der Waals surface area contributed by atoms with Gasteiger partial charge in [-0.1, -0.05) is 12.5 Å². The summed E-state index contributed by atoms with van der Waals surface area (Å²) in [6.45, 7) is 2.62. The lowest BCUT2D eigenvalue weighted by atomic mass is 10.1. The minimum atomic E-state index is -0.144. The number of hydrogen-bond acceptors (Lipinski definition) is 4. The van der Waals surface area contributed by atoms with Gasteiger partial charge in [0.25, 0.3) is 5.91 Å². The molecule has 22 heavy (non-hydrogen) atoms. The molecule has 1 unspecified atom stereocenters. The molecule has 0 saturated carbocycles. The van der Waals surface area contributed by atoms with Crippen molar-refractivity contribution in [3.05, 3.63) is 54.2 Å². The monoisotopic (exact) mass is 299 g/mol. The summed E-state index contributed by atoms with van der Waals surface area (Å²) in [5.74, 6) is 0.761. The Balaban J connectivity index is 1.66. The summed E-state index contributed by atoms with van der Waals surface area (Å²) in [6.07, 6.45) is 6.99. The maximum Gasteiger partial charge on any atom is 0.269 e. The van der Waals surface area contributed by atoms with Gasteiger partial charge in [-0.3, -0.25) is 14.7 Å². The van der Waals surface area contributed by atoms with Crippen LogP contribution in [0, 0.1) is 0 Å². The Kier molecular flexibility index (Phi) is 4.85. The molecule has 1 amide bonds. The molecule has 2 aromatic rings. The van der Waals surface area contributed by atoms with Gasteiger partial charge in [0.1, 0.15) is 11.5 Å². The van der Waals surface area contributed by atoms with Crippen molar-refractivity contribution < 1.29 is 9.21 Å². The van der Waals surface area contributed by atoms with E-state index in [-0.39, 0.29) is 11.9 Å². The van der Waals surface area contributed by atoms with Gasteiger partial charge in [-0.2, -0.15) is 0 Å². The van der Waals surface area contributed by atoms with E-state index in [9.17, 15) is 4.79 Å². The summed E-state index contributed by atoms with van der Waals surface area (Å²) in [5.41, 5.74) is 0.444. The number of carbonyl (C=O) groups excluding carboxylic acids is 1. The van der Waals surface area contributed by atoms with E-state index in [1.54, 1.807) is 24.6 Å². The van der Waals surface area contributed by atoms with Gasteiger partial charge in [0.2, 0.25) is 0 Å². The largest absolute Gasteiger partial charge is 0.468 e. The first kappa shape index (κ1) is 14.8.